The van der Waals surface area contributed by atoms with E-state index in [-0.39, 0.29) is 5.91 Å². The third kappa shape index (κ3) is 4.42. The van der Waals surface area contributed by atoms with Gasteiger partial charge in [0, 0.05) is 5.56 Å². The Hall–Kier alpha value is -4.25. The minimum Gasteiger partial charge on any atom is -0.366 e. The summed E-state index contributed by atoms with van der Waals surface area (Å²) in [6, 6.07) is 27.2. The molecule has 0 saturated heterocycles. The van der Waals surface area contributed by atoms with Gasteiger partial charge < -0.3 is 15.8 Å². The topological polar surface area (TPSA) is 89.3 Å². The van der Waals surface area contributed by atoms with Gasteiger partial charge >= 0.3 is 0 Å². The SMILES string of the molecule is NC(=O)c1c(-c2ccc(C(=O)NC(C=O)Cc3ccccc3)cc2)ccc2ccccc12. The van der Waals surface area contributed by atoms with Crippen molar-refractivity contribution in [2.45, 2.75) is 12.5 Å². The summed E-state index contributed by atoms with van der Waals surface area (Å²) in [5.41, 5.74) is 9.02. The molecule has 1 unspecified atom stereocenters. The molecule has 0 heterocycles. The number of amides is 2. The van der Waals surface area contributed by atoms with Gasteiger partial charge in [0.25, 0.3) is 5.91 Å². The fourth-order valence-electron chi connectivity index (χ4n) is 3.83. The lowest BCUT2D eigenvalue weighted by Gasteiger charge is -2.14. The Morgan fingerprint density at radius 3 is 2.22 bits per heavy atom. The molecule has 0 radical (unpaired) electrons. The maximum Gasteiger partial charge on any atom is 0.251 e. The number of hydrogen-bond acceptors (Lipinski definition) is 3. The van der Waals surface area contributed by atoms with Gasteiger partial charge in [0.15, 0.2) is 0 Å². The maximum atomic E-state index is 12.7. The number of carbonyl (C=O) groups excluding carboxylic acids is 3. The number of carbonyl (C=O) groups is 3. The van der Waals surface area contributed by atoms with Crippen molar-refractivity contribution < 1.29 is 14.4 Å². The van der Waals surface area contributed by atoms with Crippen LogP contribution in [0.4, 0.5) is 0 Å². The maximum absolute atomic E-state index is 12.7. The molecule has 158 valence electrons. The Kier molecular flexibility index (Phi) is 6.08. The highest BCUT2D eigenvalue weighted by Gasteiger charge is 2.16. The molecule has 0 aromatic heterocycles. The van der Waals surface area contributed by atoms with Crippen molar-refractivity contribution in [2.75, 3.05) is 0 Å². The zero-order valence-electron chi connectivity index (χ0n) is 17.3. The van der Waals surface area contributed by atoms with Crippen molar-refractivity contribution in [1.29, 1.82) is 0 Å². The minimum absolute atomic E-state index is 0.335. The van der Waals surface area contributed by atoms with Crippen LogP contribution in [-0.2, 0) is 11.2 Å². The lowest BCUT2D eigenvalue weighted by atomic mass is 9.93. The van der Waals surface area contributed by atoms with Gasteiger partial charge in [0.2, 0.25) is 5.91 Å². The molecule has 0 saturated carbocycles. The summed E-state index contributed by atoms with van der Waals surface area (Å²) < 4.78 is 0. The van der Waals surface area contributed by atoms with Crippen LogP contribution in [0.3, 0.4) is 0 Å². The number of rotatable bonds is 7. The number of primary amides is 1. The van der Waals surface area contributed by atoms with Crippen LogP contribution in [0.5, 0.6) is 0 Å². The average molecular weight is 422 g/mol. The molecule has 1 atom stereocenters. The highest BCUT2D eigenvalue weighted by Crippen LogP contribution is 2.30. The van der Waals surface area contributed by atoms with Crippen LogP contribution in [0.2, 0.25) is 0 Å². The van der Waals surface area contributed by atoms with E-state index < -0.39 is 11.9 Å². The lowest BCUT2D eigenvalue weighted by Crippen LogP contribution is -2.37. The van der Waals surface area contributed by atoms with E-state index in [2.05, 4.69) is 5.32 Å². The summed E-state index contributed by atoms with van der Waals surface area (Å²) in [7, 11) is 0. The zero-order chi connectivity index (χ0) is 22.5. The van der Waals surface area contributed by atoms with Crippen LogP contribution in [0.1, 0.15) is 26.3 Å². The third-order valence-electron chi connectivity index (χ3n) is 5.41. The molecule has 2 amide bonds. The molecule has 0 bridgehead atoms. The Morgan fingerprint density at radius 1 is 0.844 bits per heavy atom. The Balaban J connectivity index is 1.57. The van der Waals surface area contributed by atoms with Gasteiger partial charge in [-0.2, -0.15) is 0 Å². The van der Waals surface area contributed by atoms with Gasteiger partial charge in [-0.15, -0.1) is 0 Å². The predicted molar refractivity (Wildman–Crippen MR) is 125 cm³/mol. The highest BCUT2D eigenvalue weighted by atomic mass is 16.2. The number of nitrogens with one attached hydrogen (secondary N) is 1. The number of aldehydes is 1. The number of fused-ring (bicyclic) bond motifs is 1. The second-order valence-corrected chi connectivity index (χ2v) is 7.56. The summed E-state index contributed by atoms with van der Waals surface area (Å²) in [4.78, 5) is 36.3. The molecule has 4 aromatic rings. The molecule has 4 rings (SSSR count). The van der Waals surface area contributed by atoms with Gasteiger partial charge in [-0.25, -0.2) is 0 Å². The molecular weight excluding hydrogens is 400 g/mol. The zero-order valence-corrected chi connectivity index (χ0v) is 17.3. The molecule has 4 aromatic carbocycles. The molecule has 5 nitrogen and oxygen atoms in total. The molecule has 0 aliphatic heterocycles. The van der Waals surface area contributed by atoms with Crippen molar-refractivity contribution >= 4 is 28.9 Å². The van der Waals surface area contributed by atoms with E-state index in [1.54, 1.807) is 24.3 Å². The van der Waals surface area contributed by atoms with Crippen LogP contribution in [0, 0.1) is 0 Å². The fourth-order valence-corrected chi connectivity index (χ4v) is 3.83. The first kappa shape index (κ1) is 21.0. The first-order chi connectivity index (χ1) is 15.6. The third-order valence-corrected chi connectivity index (χ3v) is 5.41. The second kappa shape index (κ2) is 9.27. The fraction of sp³-hybridized carbons (Fsp3) is 0.0741. The van der Waals surface area contributed by atoms with Crippen LogP contribution >= 0.6 is 0 Å². The van der Waals surface area contributed by atoms with E-state index >= 15 is 0 Å². The van der Waals surface area contributed by atoms with Crippen LogP contribution in [-0.4, -0.2) is 24.1 Å². The largest absolute Gasteiger partial charge is 0.366 e. The minimum atomic E-state index is -0.619. The van der Waals surface area contributed by atoms with Gasteiger partial charge in [-0.05, 0) is 46.0 Å². The number of benzene rings is 4. The quantitative estimate of drug-likeness (QED) is 0.439. The van der Waals surface area contributed by atoms with Crippen molar-refractivity contribution in [1.82, 2.24) is 5.32 Å². The van der Waals surface area contributed by atoms with Gasteiger partial charge in [0.05, 0.1) is 11.6 Å². The smallest absolute Gasteiger partial charge is 0.251 e. The lowest BCUT2D eigenvalue weighted by molar-refractivity contribution is -0.109. The molecule has 0 spiro atoms. The van der Waals surface area contributed by atoms with Crippen LogP contribution in [0.25, 0.3) is 21.9 Å². The molecule has 32 heavy (non-hydrogen) atoms. The van der Waals surface area contributed by atoms with Crippen molar-refractivity contribution in [3.8, 4) is 11.1 Å². The Labute approximate surface area is 185 Å². The monoisotopic (exact) mass is 422 g/mol. The first-order valence-corrected chi connectivity index (χ1v) is 10.3. The van der Waals surface area contributed by atoms with Crippen molar-refractivity contribution in [3.63, 3.8) is 0 Å². The summed E-state index contributed by atoms with van der Waals surface area (Å²) in [6.07, 6.45) is 1.17. The standard InChI is InChI=1S/C27H22N2O3/c28-26(31)25-23-9-5-4-8-19(23)14-15-24(25)20-10-12-21(13-11-20)27(32)29-22(17-30)16-18-6-2-1-3-7-18/h1-15,17,22H,16H2,(H2,28,31)(H,29,32). The average Bonchev–Trinajstić information content (AvgIpc) is 2.83. The van der Waals surface area contributed by atoms with Crippen molar-refractivity contribution in [2.24, 2.45) is 5.73 Å². The van der Waals surface area contributed by atoms with E-state index in [0.29, 0.717) is 23.1 Å². The summed E-state index contributed by atoms with van der Waals surface area (Å²) >= 11 is 0. The Bertz CT molecular complexity index is 1280. The van der Waals surface area contributed by atoms with E-state index in [1.807, 2.05) is 66.7 Å². The van der Waals surface area contributed by atoms with Gasteiger partial charge in [-0.1, -0.05) is 78.9 Å². The van der Waals surface area contributed by atoms with Gasteiger partial charge in [0.1, 0.15) is 6.29 Å². The summed E-state index contributed by atoms with van der Waals surface area (Å²) in [5.74, 6) is -0.841. The van der Waals surface area contributed by atoms with E-state index in [9.17, 15) is 14.4 Å². The molecule has 3 N–H and O–H groups in total. The van der Waals surface area contributed by atoms with Crippen molar-refractivity contribution in [3.05, 3.63) is 108 Å². The number of hydrogen-bond donors (Lipinski definition) is 2. The van der Waals surface area contributed by atoms with Crippen LogP contribution in [0.15, 0.2) is 91.0 Å². The Morgan fingerprint density at radius 2 is 1.53 bits per heavy atom. The molecule has 5 heteroatoms. The van der Waals surface area contributed by atoms with E-state index in [0.717, 1.165) is 28.2 Å². The predicted octanol–water partition coefficient (Wildman–Crippen LogP) is 4.15. The molecule has 0 aliphatic carbocycles. The molecule has 0 aliphatic rings. The highest BCUT2D eigenvalue weighted by molar-refractivity contribution is 6.12. The molecular formula is C27H22N2O3. The van der Waals surface area contributed by atoms with Crippen LogP contribution < -0.4 is 11.1 Å². The normalized spacial score (nSPS) is 11.6. The number of nitrogens with two attached hydrogens (primary N) is 1. The summed E-state index contributed by atoms with van der Waals surface area (Å²) in [5, 5.41) is 4.48. The first-order valence-electron chi connectivity index (χ1n) is 10.3. The van der Waals surface area contributed by atoms with E-state index in [1.165, 1.54) is 0 Å². The summed E-state index contributed by atoms with van der Waals surface area (Å²) in [6.45, 7) is 0. The van der Waals surface area contributed by atoms with Gasteiger partial charge in [-0.3, -0.25) is 9.59 Å². The molecule has 0 fully saturated rings. The van der Waals surface area contributed by atoms with E-state index in [4.69, 9.17) is 5.73 Å². The second-order valence-electron chi connectivity index (χ2n) is 7.56.